The molecular weight excluding hydrogens is 337 g/mol. The van der Waals surface area contributed by atoms with E-state index in [2.05, 4.69) is 25.8 Å². The summed E-state index contributed by atoms with van der Waals surface area (Å²) in [6.45, 7) is 0.979. The summed E-state index contributed by atoms with van der Waals surface area (Å²) >= 11 is 0. The molecule has 0 fully saturated rings. The van der Waals surface area contributed by atoms with Crippen molar-refractivity contribution in [3.63, 3.8) is 0 Å². The zero-order valence-electron chi connectivity index (χ0n) is 14.1. The number of benzene rings is 2. The number of methoxy groups -OCH3 is 1. The van der Waals surface area contributed by atoms with Gasteiger partial charge in [-0.05, 0) is 42.5 Å². The second-order valence-corrected chi connectivity index (χ2v) is 5.25. The predicted octanol–water partition coefficient (Wildman–Crippen LogP) is 3.25. The quantitative estimate of drug-likeness (QED) is 0.600. The van der Waals surface area contributed by atoms with Crippen LogP contribution in [0.4, 0.5) is 21.8 Å². The van der Waals surface area contributed by atoms with Crippen LogP contribution in [-0.4, -0.2) is 35.4 Å². The highest BCUT2D eigenvalue weighted by molar-refractivity contribution is 5.53. The molecule has 2 N–H and O–H groups in total. The van der Waals surface area contributed by atoms with Crippen LogP contribution in [0.15, 0.2) is 54.7 Å². The largest absolute Gasteiger partial charge is 0.497 e. The molecule has 0 amide bonds. The summed E-state index contributed by atoms with van der Waals surface area (Å²) in [6, 6.07) is 13.4. The van der Waals surface area contributed by atoms with Crippen molar-refractivity contribution in [1.82, 2.24) is 15.2 Å². The molecule has 3 aromatic rings. The Morgan fingerprint density at radius 1 is 1.08 bits per heavy atom. The molecule has 0 atom stereocenters. The van der Waals surface area contributed by atoms with Crippen LogP contribution < -0.4 is 20.1 Å². The highest BCUT2D eigenvalue weighted by Crippen LogP contribution is 2.17. The molecule has 0 aliphatic carbocycles. The van der Waals surface area contributed by atoms with Crippen LogP contribution >= 0.6 is 0 Å². The molecule has 8 heteroatoms. The number of hydrogen-bond donors (Lipinski definition) is 2. The van der Waals surface area contributed by atoms with Crippen LogP contribution in [-0.2, 0) is 0 Å². The van der Waals surface area contributed by atoms with Gasteiger partial charge in [0, 0.05) is 5.69 Å². The van der Waals surface area contributed by atoms with Crippen LogP contribution in [0.1, 0.15) is 0 Å². The highest BCUT2D eigenvalue weighted by Gasteiger charge is 2.02. The third kappa shape index (κ3) is 5.04. The summed E-state index contributed by atoms with van der Waals surface area (Å²) in [6.07, 6.45) is 1.50. The lowest BCUT2D eigenvalue weighted by Crippen LogP contribution is -2.13. The van der Waals surface area contributed by atoms with Crippen LogP contribution in [0.3, 0.4) is 0 Å². The fraction of sp³-hybridized carbons (Fsp3) is 0.167. The van der Waals surface area contributed by atoms with Crippen LogP contribution in [0.25, 0.3) is 0 Å². The Labute approximate surface area is 150 Å². The van der Waals surface area contributed by atoms with Crippen molar-refractivity contribution >= 4 is 17.5 Å². The number of anilines is 3. The Kier molecular flexibility index (Phi) is 5.76. The fourth-order valence-electron chi connectivity index (χ4n) is 2.16. The van der Waals surface area contributed by atoms with E-state index in [4.69, 9.17) is 9.47 Å². The smallest absolute Gasteiger partial charge is 0.249 e. The summed E-state index contributed by atoms with van der Waals surface area (Å²) in [5, 5.41) is 13.8. The Hall–Kier alpha value is -3.42. The zero-order valence-corrected chi connectivity index (χ0v) is 14.1. The molecule has 0 unspecified atom stereocenters. The van der Waals surface area contributed by atoms with Gasteiger partial charge in [0.15, 0.2) is 5.82 Å². The van der Waals surface area contributed by atoms with Crippen molar-refractivity contribution in [2.24, 2.45) is 0 Å². The van der Waals surface area contributed by atoms with Gasteiger partial charge in [-0.25, -0.2) is 4.39 Å². The fourth-order valence-corrected chi connectivity index (χ4v) is 2.16. The maximum absolute atomic E-state index is 13.2. The number of nitrogens with zero attached hydrogens (tertiary/aromatic N) is 3. The van der Waals surface area contributed by atoms with E-state index in [1.54, 1.807) is 19.2 Å². The Morgan fingerprint density at radius 3 is 2.65 bits per heavy atom. The van der Waals surface area contributed by atoms with Crippen molar-refractivity contribution in [2.75, 3.05) is 30.9 Å². The monoisotopic (exact) mass is 355 g/mol. The minimum Gasteiger partial charge on any atom is -0.497 e. The average molecular weight is 355 g/mol. The van der Waals surface area contributed by atoms with E-state index in [0.29, 0.717) is 24.7 Å². The van der Waals surface area contributed by atoms with Crippen molar-refractivity contribution in [3.05, 3.63) is 60.5 Å². The lowest BCUT2D eigenvalue weighted by atomic mass is 10.3. The third-order valence-electron chi connectivity index (χ3n) is 3.38. The highest BCUT2D eigenvalue weighted by atomic mass is 19.1. The lowest BCUT2D eigenvalue weighted by molar-refractivity contribution is 0.331. The standard InChI is InChI=1S/C18H18FN5O2/c1-25-15-5-7-16(8-6-15)26-10-9-20-17-12-21-24-18(23-17)22-14-4-2-3-13(19)11-14/h2-8,11-12H,9-10H2,1H3,(H2,20,22,23,24). The summed E-state index contributed by atoms with van der Waals surface area (Å²) in [5.41, 5.74) is 0.548. The molecule has 1 aromatic heterocycles. The van der Waals surface area contributed by atoms with Gasteiger partial charge in [0.05, 0.1) is 19.9 Å². The molecule has 0 saturated carbocycles. The summed E-state index contributed by atoms with van der Waals surface area (Å²) in [4.78, 5) is 4.27. The molecule has 134 valence electrons. The van der Waals surface area contributed by atoms with E-state index in [-0.39, 0.29) is 11.8 Å². The number of rotatable bonds is 8. The molecule has 1 heterocycles. The predicted molar refractivity (Wildman–Crippen MR) is 96.5 cm³/mol. The van der Waals surface area contributed by atoms with Crippen molar-refractivity contribution in [3.8, 4) is 11.5 Å². The molecule has 0 saturated heterocycles. The molecule has 0 radical (unpaired) electrons. The van der Waals surface area contributed by atoms with Gasteiger partial charge in [0.2, 0.25) is 5.95 Å². The van der Waals surface area contributed by atoms with E-state index in [1.165, 1.54) is 18.3 Å². The van der Waals surface area contributed by atoms with Crippen molar-refractivity contribution in [2.45, 2.75) is 0 Å². The molecule has 26 heavy (non-hydrogen) atoms. The number of halogens is 1. The SMILES string of the molecule is COc1ccc(OCCNc2cnnc(Nc3cccc(F)c3)n2)cc1. The first-order chi connectivity index (χ1) is 12.7. The second kappa shape index (κ2) is 8.61. The third-order valence-corrected chi connectivity index (χ3v) is 3.38. The number of nitrogens with one attached hydrogen (secondary N) is 2. The van der Waals surface area contributed by atoms with Gasteiger partial charge in [-0.15, -0.1) is 5.10 Å². The first-order valence-electron chi connectivity index (χ1n) is 7.96. The molecule has 0 spiro atoms. The van der Waals surface area contributed by atoms with E-state index >= 15 is 0 Å². The molecule has 0 aliphatic heterocycles. The molecule has 7 nitrogen and oxygen atoms in total. The van der Waals surface area contributed by atoms with Gasteiger partial charge in [-0.1, -0.05) is 6.07 Å². The Morgan fingerprint density at radius 2 is 1.88 bits per heavy atom. The molecular formula is C18H18FN5O2. The van der Waals surface area contributed by atoms with Gasteiger partial charge < -0.3 is 20.1 Å². The maximum Gasteiger partial charge on any atom is 0.249 e. The van der Waals surface area contributed by atoms with Crippen LogP contribution in [0.5, 0.6) is 11.5 Å². The van der Waals surface area contributed by atoms with E-state index in [9.17, 15) is 4.39 Å². The van der Waals surface area contributed by atoms with E-state index in [1.807, 2.05) is 24.3 Å². The zero-order chi connectivity index (χ0) is 18.2. The summed E-state index contributed by atoms with van der Waals surface area (Å²) < 4.78 is 23.9. The summed E-state index contributed by atoms with van der Waals surface area (Å²) in [5.74, 6) is 2.00. The van der Waals surface area contributed by atoms with Gasteiger partial charge in [-0.3, -0.25) is 0 Å². The van der Waals surface area contributed by atoms with E-state index < -0.39 is 0 Å². The van der Waals surface area contributed by atoms with Gasteiger partial charge in [-0.2, -0.15) is 10.1 Å². The van der Waals surface area contributed by atoms with Crippen molar-refractivity contribution < 1.29 is 13.9 Å². The first kappa shape index (κ1) is 17.4. The number of hydrogen-bond acceptors (Lipinski definition) is 7. The molecule has 0 aliphatic rings. The number of aromatic nitrogens is 3. The summed E-state index contributed by atoms with van der Waals surface area (Å²) in [7, 11) is 1.62. The normalized spacial score (nSPS) is 10.2. The molecule has 2 aromatic carbocycles. The van der Waals surface area contributed by atoms with Gasteiger partial charge in [0.1, 0.15) is 23.9 Å². The number of ether oxygens (including phenoxy) is 2. The van der Waals surface area contributed by atoms with Crippen LogP contribution in [0.2, 0.25) is 0 Å². The van der Waals surface area contributed by atoms with Crippen LogP contribution in [0, 0.1) is 5.82 Å². The Bertz CT molecular complexity index is 845. The van der Waals surface area contributed by atoms with Crippen molar-refractivity contribution in [1.29, 1.82) is 0 Å². The first-order valence-corrected chi connectivity index (χ1v) is 7.96. The van der Waals surface area contributed by atoms with E-state index in [0.717, 1.165) is 11.5 Å². The molecule has 0 bridgehead atoms. The van der Waals surface area contributed by atoms with Gasteiger partial charge in [0.25, 0.3) is 0 Å². The Balaban J connectivity index is 1.49. The lowest BCUT2D eigenvalue weighted by Gasteiger charge is -2.09. The molecule has 3 rings (SSSR count). The topological polar surface area (TPSA) is 81.2 Å². The minimum atomic E-state index is -0.340. The average Bonchev–Trinajstić information content (AvgIpc) is 2.66. The van der Waals surface area contributed by atoms with Gasteiger partial charge >= 0.3 is 0 Å². The second-order valence-electron chi connectivity index (χ2n) is 5.25. The maximum atomic E-state index is 13.2. The minimum absolute atomic E-state index is 0.275.